The van der Waals surface area contributed by atoms with Gasteiger partial charge in [0, 0.05) is 36.5 Å². The van der Waals surface area contributed by atoms with Crippen LogP contribution in [0, 0.1) is 35.0 Å². The molecule has 1 heterocycles. The summed E-state index contributed by atoms with van der Waals surface area (Å²) in [5, 5.41) is 11.2. The average Bonchev–Trinajstić information content (AvgIpc) is 3.26. The smallest absolute Gasteiger partial charge is 0.169 e. The summed E-state index contributed by atoms with van der Waals surface area (Å²) in [5.41, 5.74) is 1.79. The van der Waals surface area contributed by atoms with Gasteiger partial charge in [0.05, 0.1) is 11.0 Å². The first-order chi connectivity index (χ1) is 14.5. The zero-order valence-corrected chi connectivity index (χ0v) is 19.9. The molecule has 5 rings (SSSR count). The van der Waals surface area contributed by atoms with Crippen molar-refractivity contribution < 1.29 is 19.4 Å². The highest BCUT2D eigenvalue weighted by Crippen LogP contribution is 2.61. The number of ether oxygens (including phenoxy) is 1. The van der Waals surface area contributed by atoms with Crippen molar-refractivity contribution >= 4 is 23.2 Å². The first-order valence-corrected chi connectivity index (χ1v) is 12.5. The summed E-state index contributed by atoms with van der Waals surface area (Å²) in [6, 6.07) is 0. The fourth-order valence-electron chi connectivity index (χ4n) is 7.57. The minimum absolute atomic E-state index is 0.0176. The summed E-state index contributed by atoms with van der Waals surface area (Å²) in [4.78, 5) is 25.2. The van der Waals surface area contributed by atoms with Gasteiger partial charge in [0.2, 0.25) is 0 Å². The zero-order chi connectivity index (χ0) is 22.3. The Morgan fingerprint density at radius 3 is 2.58 bits per heavy atom. The highest BCUT2D eigenvalue weighted by atomic mass is 35.5. The van der Waals surface area contributed by atoms with E-state index in [-0.39, 0.29) is 57.5 Å². The van der Waals surface area contributed by atoms with E-state index in [9.17, 15) is 14.7 Å². The third kappa shape index (κ3) is 3.23. The molecule has 4 aliphatic carbocycles. The summed E-state index contributed by atoms with van der Waals surface area (Å²) in [6.45, 7) is 8.36. The molecule has 8 atom stereocenters. The monoisotopic (exact) mass is 446 g/mol. The van der Waals surface area contributed by atoms with E-state index in [0.29, 0.717) is 19.3 Å². The summed E-state index contributed by atoms with van der Waals surface area (Å²) in [5.74, 6) is -0.364. The number of Topliss-reactive ketones (excluding diaryl/α,β-unsaturated/α-hetero) is 1. The Hall–Kier alpha value is -0.970. The van der Waals surface area contributed by atoms with Crippen LogP contribution in [-0.2, 0) is 14.3 Å². The van der Waals surface area contributed by atoms with E-state index in [0.717, 1.165) is 31.3 Å². The van der Waals surface area contributed by atoms with Crippen LogP contribution in [0.2, 0.25) is 0 Å². The molecule has 0 amide bonds. The molecular formula is C26H35ClO4. The van der Waals surface area contributed by atoms with Crippen LogP contribution in [-0.4, -0.2) is 33.4 Å². The molecule has 1 aliphatic heterocycles. The van der Waals surface area contributed by atoms with E-state index in [2.05, 4.69) is 19.9 Å². The van der Waals surface area contributed by atoms with Crippen LogP contribution in [0.5, 0.6) is 0 Å². The SMILES string of the molecule is C[C@@H]([C@H]1CC[C@@H]2C3=CC(=O)C4CC(=O)CCC4(C)C3=CC(Cl)C21)[C@]1(O)CCC(C)(C)O1. The first kappa shape index (κ1) is 21.9. The molecule has 0 spiro atoms. The molecule has 0 bridgehead atoms. The van der Waals surface area contributed by atoms with Crippen molar-refractivity contribution in [2.75, 3.05) is 0 Å². The van der Waals surface area contributed by atoms with Gasteiger partial charge in [-0.1, -0.05) is 19.9 Å². The van der Waals surface area contributed by atoms with Crippen LogP contribution in [0.3, 0.4) is 0 Å². The molecule has 5 heteroatoms. The lowest BCUT2D eigenvalue weighted by molar-refractivity contribution is -0.252. The van der Waals surface area contributed by atoms with E-state index in [1.807, 2.05) is 19.9 Å². The molecule has 3 fully saturated rings. The summed E-state index contributed by atoms with van der Waals surface area (Å²) in [7, 11) is 0. The standard InChI is InChI=1S/C26H35ClO4/c1-14(26(30)10-9-24(2,3)31-26)16-5-6-17-18-12-22(29)20-11-15(28)7-8-25(20,4)19(18)13-21(27)23(16)17/h12-14,16-17,20-21,23,30H,5-11H2,1-4H3/t14-,16+,17+,20?,21?,23?,25?,26-/m0/s1. The lowest BCUT2D eigenvalue weighted by Crippen LogP contribution is -2.48. The van der Waals surface area contributed by atoms with Crippen molar-refractivity contribution in [2.24, 2.45) is 35.0 Å². The largest absolute Gasteiger partial charge is 0.365 e. The van der Waals surface area contributed by atoms with Gasteiger partial charge in [-0.2, -0.15) is 0 Å². The fraction of sp³-hybridized carbons (Fsp3) is 0.769. The fourth-order valence-corrected chi connectivity index (χ4v) is 8.05. The molecule has 2 saturated carbocycles. The minimum atomic E-state index is -1.11. The quantitative estimate of drug-likeness (QED) is 0.608. The van der Waals surface area contributed by atoms with E-state index in [1.165, 1.54) is 5.57 Å². The predicted octanol–water partition coefficient (Wildman–Crippen LogP) is 4.97. The number of carbonyl (C=O) groups is 2. The number of ketones is 2. The van der Waals surface area contributed by atoms with Crippen molar-refractivity contribution in [1.29, 1.82) is 0 Å². The predicted molar refractivity (Wildman–Crippen MR) is 119 cm³/mol. The Morgan fingerprint density at radius 1 is 1.16 bits per heavy atom. The van der Waals surface area contributed by atoms with Crippen molar-refractivity contribution in [3.63, 3.8) is 0 Å². The third-order valence-corrected chi connectivity index (χ3v) is 9.86. The highest BCUT2D eigenvalue weighted by Gasteiger charge is 2.58. The number of hydrogen-bond donors (Lipinski definition) is 1. The van der Waals surface area contributed by atoms with Crippen LogP contribution in [0.1, 0.15) is 72.6 Å². The number of carbonyl (C=O) groups excluding carboxylic acids is 2. The van der Waals surface area contributed by atoms with Gasteiger partial charge in [-0.3, -0.25) is 9.59 Å². The van der Waals surface area contributed by atoms with Gasteiger partial charge in [-0.15, -0.1) is 11.6 Å². The van der Waals surface area contributed by atoms with Crippen molar-refractivity contribution in [3.8, 4) is 0 Å². The minimum Gasteiger partial charge on any atom is -0.365 e. The number of allylic oxidation sites excluding steroid dienone is 4. The van der Waals surface area contributed by atoms with Crippen LogP contribution in [0.4, 0.5) is 0 Å². The van der Waals surface area contributed by atoms with Crippen LogP contribution in [0.15, 0.2) is 23.3 Å². The molecule has 1 N–H and O–H groups in total. The van der Waals surface area contributed by atoms with Gasteiger partial charge >= 0.3 is 0 Å². The van der Waals surface area contributed by atoms with Crippen LogP contribution < -0.4 is 0 Å². The molecule has 1 saturated heterocycles. The molecule has 170 valence electrons. The van der Waals surface area contributed by atoms with Gasteiger partial charge in [0.25, 0.3) is 0 Å². The zero-order valence-electron chi connectivity index (χ0n) is 19.1. The topological polar surface area (TPSA) is 63.6 Å². The summed E-state index contributed by atoms with van der Waals surface area (Å²) >= 11 is 7.06. The maximum absolute atomic E-state index is 13.1. The second-order valence-corrected chi connectivity index (χ2v) is 12.2. The van der Waals surface area contributed by atoms with Crippen LogP contribution in [0.25, 0.3) is 0 Å². The molecule has 0 aromatic rings. The molecular weight excluding hydrogens is 412 g/mol. The van der Waals surface area contributed by atoms with Crippen molar-refractivity contribution in [1.82, 2.24) is 0 Å². The maximum Gasteiger partial charge on any atom is 0.169 e. The van der Waals surface area contributed by atoms with E-state index >= 15 is 0 Å². The van der Waals surface area contributed by atoms with Gasteiger partial charge in [-0.25, -0.2) is 0 Å². The normalized spacial score (nSPS) is 47.2. The number of aliphatic hydroxyl groups is 1. The molecule has 0 aromatic carbocycles. The summed E-state index contributed by atoms with van der Waals surface area (Å²) < 4.78 is 6.14. The molecule has 31 heavy (non-hydrogen) atoms. The van der Waals surface area contributed by atoms with E-state index in [4.69, 9.17) is 16.3 Å². The molecule has 5 aliphatic rings. The summed E-state index contributed by atoms with van der Waals surface area (Å²) in [6.07, 6.45) is 9.14. The Kier molecular flexibility index (Phi) is 4.94. The number of rotatable bonds is 2. The number of hydrogen-bond acceptors (Lipinski definition) is 4. The molecule has 0 aromatic heterocycles. The van der Waals surface area contributed by atoms with E-state index < -0.39 is 5.79 Å². The van der Waals surface area contributed by atoms with Gasteiger partial charge in [0.15, 0.2) is 11.6 Å². The first-order valence-electron chi connectivity index (χ1n) is 12.0. The average molecular weight is 447 g/mol. The Morgan fingerprint density at radius 2 is 1.90 bits per heavy atom. The maximum atomic E-state index is 13.1. The third-order valence-electron chi connectivity index (χ3n) is 9.45. The van der Waals surface area contributed by atoms with E-state index in [1.54, 1.807) is 0 Å². The Labute approximate surface area is 190 Å². The van der Waals surface area contributed by atoms with Gasteiger partial charge < -0.3 is 9.84 Å². The highest BCUT2D eigenvalue weighted by molar-refractivity contribution is 6.22. The van der Waals surface area contributed by atoms with Crippen LogP contribution >= 0.6 is 11.6 Å². The second-order valence-electron chi connectivity index (χ2n) is 11.7. The molecule has 0 radical (unpaired) electrons. The second kappa shape index (κ2) is 7.01. The number of alkyl halides is 1. The Balaban J connectivity index is 1.48. The lowest BCUT2D eigenvalue weighted by Gasteiger charge is -2.50. The van der Waals surface area contributed by atoms with Gasteiger partial charge in [0.1, 0.15) is 5.78 Å². The van der Waals surface area contributed by atoms with Crippen molar-refractivity contribution in [3.05, 3.63) is 23.3 Å². The van der Waals surface area contributed by atoms with Gasteiger partial charge in [-0.05, 0) is 74.5 Å². The molecule has 4 unspecified atom stereocenters. The molecule has 4 nitrogen and oxygen atoms in total. The van der Waals surface area contributed by atoms with Crippen molar-refractivity contribution in [2.45, 2.75) is 89.4 Å². The number of fused-ring (bicyclic) bond motifs is 5. The number of halogens is 1. The lowest BCUT2D eigenvalue weighted by atomic mass is 9.54. The Bertz CT molecular complexity index is 888.